The molecule has 0 aromatic rings. The fourth-order valence-corrected chi connectivity index (χ4v) is 3.16. The first-order valence-corrected chi connectivity index (χ1v) is 6.74. The summed E-state index contributed by atoms with van der Waals surface area (Å²) in [4.78, 5) is 0. The van der Waals surface area contributed by atoms with Crippen LogP contribution in [0.3, 0.4) is 0 Å². The number of hydrogen-bond donors (Lipinski definition) is 1. The Morgan fingerprint density at radius 1 is 1.25 bits per heavy atom. The van der Waals surface area contributed by atoms with E-state index in [1.54, 1.807) is 0 Å². The molecule has 1 rings (SSSR count). The zero-order valence-electron chi connectivity index (χ0n) is 11.4. The minimum atomic E-state index is -1.19. The van der Waals surface area contributed by atoms with E-state index in [2.05, 4.69) is 6.92 Å². The number of alkyl halides is 1. The second kappa shape index (κ2) is 5.03. The molecule has 3 unspecified atom stereocenters. The maximum Gasteiger partial charge on any atom is 0.130 e. The first kappa shape index (κ1) is 14.0. The minimum Gasteiger partial charge on any atom is -0.327 e. The van der Waals surface area contributed by atoms with Gasteiger partial charge in [-0.1, -0.05) is 47.0 Å². The Bertz CT molecular complexity index is 221. The number of rotatable bonds is 3. The van der Waals surface area contributed by atoms with Crippen LogP contribution in [0.1, 0.15) is 59.8 Å². The normalized spacial score (nSPS) is 31.1. The summed E-state index contributed by atoms with van der Waals surface area (Å²) in [5.41, 5.74) is 4.20. The Morgan fingerprint density at radius 2 is 1.88 bits per heavy atom. The molecule has 1 aliphatic carbocycles. The van der Waals surface area contributed by atoms with Crippen LogP contribution in [0.15, 0.2) is 0 Å². The Hall–Kier alpha value is -0.110. The summed E-state index contributed by atoms with van der Waals surface area (Å²) in [6.07, 6.45) is 5.67. The van der Waals surface area contributed by atoms with Crippen molar-refractivity contribution in [1.29, 1.82) is 0 Å². The van der Waals surface area contributed by atoms with Gasteiger partial charge in [0.05, 0.1) is 0 Å². The summed E-state index contributed by atoms with van der Waals surface area (Å²) in [5.74, 6) is 0.874. The molecule has 0 spiro atoms. The van der Waals surface area contributed by atoms with Gasteiger partial charge in [0.15, 0.2) is 0 Å². The molecule has 0 aromatic heterocycles. The minimum absolute atomic E-state index is 0.163. The molecular formula is C14H28FN. The Morgan fingerprint density at radius 3 is 2.31 bits per heavy atom. The van der Waals surface area contributed by atoms with Gasteiger partial charge < -0.3 is 5.73 Å². The van der Waals surface area contributed by atoms with Crippen LogP contribution >= 0.6 is 0 Å². The van der Waals surface area contributed by atoms with Crippen molar-refractivity contribution in [1.82, 2.24) is 0 Å². The second-order valence-corrected chi connectivity index (χ2v) is 6.45. The van der Waals surface area contributed by atoms with Crippen molar-refractivity contribution in [3.05, 3.63) is 0 Å². The van der Waals surface area contributed by atoms with Gasteiger partial charge in [-0.25, -0.2) is 4.39 Å². The van der Waals surface area contributed by atoms with Crippen LogP contribution in [-0.2, 0) is 0 Å². The third-order valence-electron chi connectivity index (χ3n) is 4.55. The molecule has 0 aromatic carbocycles. The van der Waals surface area contributed by atoms with E-state index < -0.39 is 5.67 Å². The van der Waals surface area contributed by atoms with Crippen LogP contribution in [0.4, 0.5) is 4.39 Å². The van der Waals surface area contributed by atoms with Crippen molar-refractivity contribution in [2.24, 2.45) is 23.0 Å². The summed E-state index contributed by atoms with van der Waals surface area (Å²) in [5, 5.41) is 0. The van der Waals surface area contributed by atoms with Crippen LogP contribution in [0.5, 0.6) is 0 Å². The lowest BCUT2D eigenvalue weighted by Gasteiger charge is -2.46. The topological polar surface area (TPSA) is 26.0 Å². The average Bonchev–Trinajstić information content (AvgIpc) is 2.26. The highest BCUT2D eigenvalue weighted by molar-refractivity contribution is 4.99. The van der Waals surface area contributed by atoms with Crippen molar-refractivity contribution in [3.63, 3.8) is 0 Å². The largest absolute Gasteiger partial charge is 0.327 e. The molecule has 96 valence electrons. The molecule has 2 N–H and O–H groups in total. The van der Waals surface area contributed by atoms with Crippen molar-refractivity contribution in [2.45, 2.75) is 65.5 Å². The molecule has 0 saturated heterocycles. The molecular weight excluding hydrogens is 201 g/mol. The molecule has 1 fully saturated rings. The molecule has 0 bridgehead atoms. The van der Waals surface area contributed by atoms with Gasteiger partial charge in [0.1, 0.15) is 5.67 Å². The van der Waals surface area contributed by atoms with Gasteiger partial charge in [-0.2, -0.15) is 0 Å². The highest BCUT2D eigenvalue weighted by Gasteiger charge is 2.48. The van der Waals surface area contributed by atoms with Crippen LogP contribution in [-0.4, -0.2) is 12.2 Å². The summed E-state index contributed by atoms with van der Waals surface area (Å²) in [6, 6.07) is 0. The van der Waals surface area contributed by atoms with E-state index in [9.17, 15) is 0 Å². The Balaban J connectivity index is 2.80. The van der Waals surface area contributed by atoms with Crippen molar-refractivity contribution < 1.29 is 4.39 Å². The highest BCUT2D eigenvalue weighted by Crippen LogP contribution is 2.47. The van der Waals surface area contributed by atoms with Crippen LogP contribution in [0, 0.1) is 17.3 Å². The van der Waals surface area contributed by atoms with Gasteiger partial charge >= 0.3 is 0 Å². The fourth-order valence-electron chi connectivity index (χ4n) is 3.16. The Labute approximate surface area is 100.0 Å². The zero-order chi connectivity index (χ0) is 12.4. The summed E-state index contributed by atoms with van der Waals surface area (Å²) in [6.45, 7) is 8.32. The summed E-state index contributed by atoms with van der Waals surface area (Å²) < 4.78 is 15.1. The molecule has 0 heterocycles. The molecule has 0 radical (unpaired) electrons. The van der Waals surface area contributed by atoms with E-state index in [-0.39, 0.29) is 17.9 Å². The van der Waals surface area contributed by atoms with E-state index in [1.165, 1.54) is 19.3 Å². The zero-order valence-corrected chi connectivity index (χ0v) is 11.4. The van der Waals surface area contributed by atoms with E-state index in [0.29, 0.717) is 5.92 Å². The van der Waals surface area contributed by atoms with E-state index in [4.69, 9.17) is 5.73 Å². The molecule has 0 amide bonds. The lowest BCUT2D eigenvalue weighted by atomic mass is 9.64. The molecule has 2 heteroatoms. The molecule has 3 atom stereocenters. The lowest BCUT2D eigenvalue weighted by Crippen LogP contribution is -2.52. The molecule has 0 aliphatic heterocycles. The monoisotopic (exact) mass is 229 g/mol. The van der Waals surface area contributed by atoms with E-state index in [1.807, 2.05) is 20.8 Å². The highest BCUT2D eigenvalue weighted by atomic mass is 19.1. The first-order chi connectivity index (χ1) is 7.35. The predicted octanol–water partition coefficient (Wildman–Crippen LogP) is 3.92. The number of halogens is 1. The van der Waals surface area contributed by atoms with Gasteiger partial charge in [0.2, 0.25) is 0 Å². The van der Waals surface area contributed by atoms with Crippen LogP contribution in [0.2, 0.25) is 0 Å². The molecule has 1 aliphatic rings. The third-order valence-corrected chi connectivity index (χ3v) is 4.55. The summed E-state index contributed by atoms with van der Waals surface area (Å²) >= 11 is 0. The maximum atomic E-state index is 15.1. The van der Waals surface area contributed by atoms with Crippen molar-refractivity contribution >= 4 is 0 Å². The van der Waals surface area contributed by atoms with E-state index in [0.717, 1.165) is 12.8 Å². The van der Waals surface area contributed by atoms with Crippen molar-refractivity contribution in [3.8, 4) is 0 Å². The van der Waals surface area contributed by atoms with Crippen LogP contribution in [0.25, 0.3) is 0 Å². The summed E-state index contributed by atoms with van der Waals surface area (Å²) in [7, 11) is 0. The second-order valence-electron chi connectivity index (χ2n) is 6.45. The Kier molecular flexibility index (Phi) is 4.39. The van der Waals surface area contributed by atoms with Gasteiger partial charge in [-0.3, -0.25) is 0 Å². The standard InChI is InChI=1S/C14H28FN/c1-5-11-7-6-8-12(9-11)14(15,10-16)13(2,3)4/h11-12H,5-10,16H2,1-4H3. The number of nitrogens with two attached hydrogens (primary N) is 1. The van der Waals surface area contributed by atoms with Gasteiger partial charge in [-0.05, 0) is 30.1 Å². The number of hydrogen-bond acceptors (Lipinski definition) is 1. The third kappa shape index (κ3) is 2.58. The average molecular weight is 229 g/mol. The fraction of sp³-hybridized carbons (Fsp3) is 1.00. The SMILES string of the molecule is CCC1CCCC(C(F)(CN)C(C)(C)C)C1. The van der Waals surface area contributed by atoms with Crippen molar-refractivity contribution in [2.75, 3.05) is 6.54 Å². The van der Waals surface area contributed by atoms with Crippen LogP contribution < -0.4 is 5.73 Å². The van der Waals surface area contributed by atoms with Gasteiger partial charge in [0.25, 0.3) is 0 Å². The molecule has 1 saturated carbocycles. The maximum absolute atomic E-state index is 15.1. The smallest absolute Gasteiger partial charge is 0.130 e. The van der Waals surface area contributed by atoms with Gasteiger partial charge in [0, 0.05) is 6.54 Å². The quantitative estimate of drug-likeness (QED) is 0.780. The molecule has 16 heavy (non-hydrogen) atoms. The lowest BCUT2D eigenvalue weighted by molar-refractivity contribution is -0.0425. The molecule has 1 nitrogen and oxygen atoms in total. The predicted molar refractivity (Wildman–Crippen MR) is 68.1 cm³/mol. The first-order valence-electron chi connectivity index (χ1n) is 6.74. The van der Waals surface area contributed by atoms with E-state index >= 15 is 4.39 Å². The van der Waals surface area contributed by atoms with Gasteiger partial charge in [-0.15, -0.1) is 0 Å².